The molecule has 1 nitrogen and oxygen atoms in total. The van der Waals surface area contributed by atoms with Gasteiger partial charge >= 0.3 is 0 Å². The summed E-state index contributed by atoms with van der Waals surface area (Å²) in [5.41, 5.74) is 2.88. The lowest BCUT2D eigenvalue weighted by atomic mass is 9.82. The summed E-state index contributed by atoms with van der Waals surface area (Å²) >= 11 is 0. The lowest BCUT2D eigenvalue weighted by Crippen LogP contribution is -2.22. The summed E-state index contributed by atoms with van der Waals surface area (Å²) in [7, 11) is 0. The van der Waals surface area contributed by atoms with Gasteiger partial charge in [0.2, 0.25) is 0 Å². The summed E-state index contributed by atoms with van der Waals surface area (Å²) in [4.78, 5) is 0. The summed E-state index contributed by atoms with van der Waals surface area (Å²) < 4.78 is 6.20. The topological polar surface area (TPSA) is 9.23 Å². The molecular weight excluding hydrogens is 196 g/mol. The highest BCUT2D eigenvalue weighted by atomic mass is 16.5. The summed E-state index contributed by atoms with van der Waals surface area (Å²) in [5, 5.41) is 0. The highest BCUT2D eigenvalue weighted by Gasteiger charge is 2.37. The van der Waals surface area contributed by atoms with E-state index < -0.39 is 0 Å². The van der Waals surface area contributed by atoms with Crippen LogP contribution in [-0.2, 0) is 0 Å². The second-order valence-electron chi connectivity index (χ2n) is 5.47. The molecule has 1 heterocycles. The predicted molar refractivity (Wildman–Crippen MR) is 66.2 cm³/mol. The maximum atomic E-state index is 6.20. The van der Waals surface area contributed by atoms with Crippen LogP contribution < -0.4 is 4.74 Å². The minimum atomic E-state index is 0.476. The van der Waals surface area contributed by atoms with Crippen molar-refractivity contribution < 1.29 is 4.74 Å². The Kier molecular flexibility index (Phi) is 2.42. The van der Waals surface area contributed by atoms with Crippen molar-refractivity contribution in [3.05, 3.63) is 29.3 Å². The number of hydrogen-bond donors (Lipinski definition) is 0. The zero-order chi connectivity index (χ0) is 11.1. The number of hydrogen-bond acceptors (Lipinski definition) is 1. The lowest BCUT2D eigenvalue weighted by molar-refractivity contribution is 0.162. The van der Waals surface area contributed by atoms with Crippen LogP contribution >= 0.6 is 0 Å². The van der Waals surface area contributed by atoms with Gasteiger partial charge in [0.05, 0.1) is 0 Å². The summed E-state index contributed by atoms with van der Waals surface area (Å²) in [6.45, 7) is 4.50. The van der Waals surface area contributed by atoms with Crippen molar-refractivity contribution in [1.82, 2.24) is 0 Å². The Balaban J connectivity index is 2.03. The van der Waals surface area contributed by atoms with E-state index in [1.165, 1.54) is 42.6 Å². The Bertz CT molecular complexity index is 394. The minimum Gasteiger partial charge on any atom is -0.489 e. The Hall–Kier alpha value is -0.980. The van der Waals surface area contributed by atoms with Crippen LogP contribution in [0.5, 0.6) is 5.75 Å². The van der Waals surface area contributed by atoms with Crippen LogP contribution in [0.15, 0.2) is 18.2 Å². The molecule has 2 unspecified atom stereocenters. The highest BCUT2D eigenvalue weighted by molar-refractivity contribution is 5.48. The van der Waals surface area contributed by atoms with Crippen LogP contribution in [0.1, 0.15) is 62.5 Å². The van der Waals surface area contributed by atoms with Crippen molar-refractivity contribution in [3.8, 4) is 5.75 Å². The fourth-order valence-electron chi connectivity index (χ4n) is 3.20. The first-order valence-corrected chi connectivity index (χ1v) is 6.57. The van der Waals surface area contributed by atoms with E-state index in [4.69, 9.17) is 4.74 Å². The molecule has 0 saturated heterocycles. The molecule has 1 heteroatoms. The third-order valence-corrected chi connectivity index (χ3v) is 4.07. The molecule has 1 aromatic rings. The van der Waals surface area contributed by atoms with E-state index >= 15 is 0 Å². The van der Waals surface area contributed by atoms with E-state index in [0.717, 1.165) is 0 Å². The van der Waals surface area contributed by atoms with Crippen LogP contribution in [-0.4, -0.2) is 6.10 Å². The third kappa shape index (κ3) is 1.45. The molecule has 1 saturated carbocycles. The Labute approximate surface area is 97.8 Å². The third-order valence-electron chi connectivity index (χ3n) is 4.07. The molecule has 86 valence electrons. The summed E-state index contributed by atoms with van der Waals surface area (Å²) in [5.74, 6) is 2.46. The molecule has 0 amide bonds. The monoisotopic (exact) mass is 216 g/mol. The van der Waals surface area contributed by atoms with Crippen LogP contribution in [0.3, 0.4) is 0 Å². The first kappa shape index (κ1) is 10.2. The predicted octanol–water partition coefficient (Wildman–Crippen LogP) is 4.23. The van der Waals surface area contributed by atoms with Gasteiger partial charge in [-0.15, -0.1) is 0 Å². The molecule has 1 aliphatic carbocycles. The molecular formula is C15H20O. The van der Waals surface area contributed by atoms with E-state index in [2.05, 4.69) is 32.0 Å². The fraction of sp³-hybridized carbons (Fsp3) is 0.600. The normalized spacial score (nSPS) is 27.4. The molecule has 0 N–H and O–H groups in total. The average Bonchev–Trinajstić information content (AvgIpc) is 2.67. The minimum absolute atomic E-state index is 0.476. The summed E-state index contributed by atoms with van der Waals surface area (Å²) in [6.07, 6.45) is 5.75. The van der Waals surface area contributed by atoms with Crippen molar-refractivity contribution >= 4 is 0 Å². The van der Waals surface area contributed by atoms with Crippen molar-refractivity contribution in [2.75, 3.05) is 0 Å². The van der Waals surface area contributed by atoms with Crippen molar-refractivity contribution in [2.45, 2.75) is 57.5 Å². The van der Waals surface area contributed by atoms with Crippen LogP contribution in [0.4, 0.5) is 0 Å². The van der Waals surface area contributed by atoms with Gasteiger partial charge in [0, 0.05) is 11.5 Å². The zero-order valence-electron chi connectivity index (χ0n) is 10.2. The van der Waals surface area contributed by atoms with E-state index in [9.17, 15) is 0 Å². The number of benzene rings is 1. The van der Waals surface area contributed by atoms with Crippen LogP contribution in [0.25, 0.3) is 0 Å². The Morgan fingerprint density at radius 1 is 1.19 bits per heavy atom. The second kappa shape index (κ2) is 3.80. The van der Waals surface area contributed by atoms with Gasteiger partial charge < -0.3 is 4.74 Å². The molecule has 2 aliphatic rings. The molecule has 0 bridgehead atoms. The number of fused-ring (bicyclic) bond motifs is 3. The van der Waals surface area contributed by atoms with E-state index in [-0.39, 0.29) is 0 Å². The van der Waals surface area contributed by atoms with Gasteiger partial charge in [0.1, 0.15) is 11.9 Å². The zero-order valence-corrected chi connectivity index (χ0v) is 10.2. The first-order valence-electron chi connectivity index (χ1n) is 6.57. The average molecular weight is 216 g/mol. The van der Waals surface area contributed by atoms with Gasteiger partial charge in [-0.25, -0.2) is 0 Å². The largest absolute Gasteiger partial charge is 0.489 e. The molecule has 3 rings (SSSR count). The SMILES string of the molecule is CC(C)c1cccc2c1OC1CCCCC21. The number of para-hydroxylation sites is 1. The molecule has 0 radical (unpaired) electrons. The Morgan fingerprint density at radius 3 is 2.81 bits per heavy atom. The number of rotatable bonds is 1. The van der Waals surface area contributed by atoms with Crippen molar-refractivity contribution in [1.29, 1.82) is 0 Å². The van der Waals surface area contributed by atoms with E-state index in [1.807, 2.05) is 0 Å². The van der Waals surface area contributed by atoms with Gasteiger partial charge in [-0.05, 0) is 30.7 Å². The first-order chi connectivity index (χ1) is 7.77. The van der Waals surface area contributed by atoms with Gasteiger partial charge in [0.15, 0.2) is 0 Å². The molecule has 1 fully saturated rings. The number of ether oxygens (including phenoxy) is 1. The van der Waals surface area contributed by atoms with E-state index in [1.54, 1.807) is 0 Å². The van der Waals surface area contributed by atoms with Gasteiger partial charge in [-0.2, -0.15) is 0 Å². The maximum absolute atomic E-state index is 6.20. The van der Waals surface area contributed by atoms with Crippen molar-refractivity contribution in [3.63, 3.8) is 0 Å². The fourth-order valence-corrected chi connectivity index (χ4v) is 3.20. The van der Waals surface area contributed by atoms with Gasteiger partial charge in [-0.3, -0.25) is 0 Å². The van der Waals surface area contributed by atoms with Crippen LogP contribution in [0, 0.1) is 0 Å². The molecule has 0 aromatic heterocycles. The second-order valence-corrected chi connectivity index (χ2v) is 5.47. The van der Waals surface area contributed by atoms with Crippen molar-refractivity contribution in [2.24, 2.45) is 0 Å². The molecule has 1 aliphatic heterocycles. The maximum Gasteiger partial charge on any atom is 0.126 e. The van der Waals surface area contributed by atoms with Gasteiger partial charge in [0.25, 0.3) is 0 Å². The molecule has 16 heavy (non-hydrogen) atoms. The van der Waals surface area contributed by atoms with E-state index in [0.29, 0.717) is 17.9 Å². The smallest absolute Gasteiger partial charge is 0.126 e. The van der Waals surface area contributed by atoms with Crippen LogP contribution in [0.2, 0.25) is 0 Å². The van der Waals surface area contributed by atoms with Gasteiger partial charge in [-0.1, -0.05) is 38.5 Å². The highest BCUT2D eigenvalue weighted by Crippen LogP contribution is 2.48. The standard InChI is InChI=1S/C15H20O/c1-10(2)11-7-5-8-13-12-6-3-4-9-14(12)16-15(11)13/h5,7-8,10,12,14H,3-4,6,9H2,1-2H3. The summed E-state index contributed by atoms with van der Waals surface area (Å²) in [6, 6.07) is 6.70. The lowest BCUT2D eigenvalue weighted by Gasteiger charge is -2.23. The Morgan fingerprint density at radius 2 is 2.00 bits per heavy atom. The molecule has 0 spiro atoms. The molecule has 1 aromatic carbocycles. The quantitative estimate of drug-likeness (QED) is 0.682. The molecule has 2 atom stereocenters.